The third kappa shape index (κ3) is 3.30. The van der Waals surface area contributed by atoms with E-state index < -0.39 is 0 Å². The lowest BCUT2D eigenvalue weighted by Gasteiger charge is -2.26. The summed E-state index contributed by atoms with van der Waals surface area (Å²) in [6.45, 7) is 4.79. The fourth-order valence-electron chi connectivity index (χ4n) is 2.77. The van der Waals surface area contributed by atoms with Gasteiger partial charge in [0.2, 0.25) is 0 Å². The highest BCUT2D eigenvalue weighted by atomic mass is 79.9. The molecule has 2 rings (SSSR count). The standard InChI is InChI=1S/C14H23BrN4O/c1-10-14(15)11(19(4)16-10)8-13(20)12-9-17(2)6-5-7-18(12)3/h12H,5-9H2,1-4H3. The summed E-state index contributed by atoms with van der Waals surface area (Å²) in [6.07, 6.45) is 1.55. The smallest absolute Gasteiger partial charge is 0.157 e. The summed E-state index contributed by atoms with van der Waals surface area (Å²) in [7, 11) is 6.03. The molecular weight excluding hydrogens is 320 g/mol. The fourth-order valence-corrected chi connectivity index (χ4v) is 3.25. The molecule has 1 aliphatic heterocycles. The zero-order valence-electron chi connectivity index (χ0n) is 12.7. The van der Waals surface area contributed by atoms with Crippen LogP contribution in [0.25, 0.3) is 0 Å². The van der Waals surface area contributed by atoms with Crippen molar-refractivity contribution in [1.82, 2.24) is 19.6 Å². The van der Waals surface area contributed by atoms with Gasteiger partial charge in [-0.15, -0.1) is 0 Å². The van der Waals surface area contributed by atoms with Crippen molar-refractivity contribution >= 4 is 21.7 Å². The molecule has 1 atom stereocenters. The first-order valence-electron chi connectivity index (χ1n) is 6.99. The van der Waals surface area contributed by atoms with Gasteiger partial charge in [0.05, 0.1) is 28.3 Å². The zero-order valence-corrected chi connectivity index (χ0v) is 14.3. The number of hydrogen-bond acceptors (Lipinski definition) is 4. The van der Waals surface area contributed by atoms with Crippen molar-refractivity contribution in [3.05, 3.63) is 15.9 Å². The summed E-state index contributed by atoms with van der Waals surface area (Å²) in [4.78, 5) is 17.1. The Morgan fingerprint density at radius 2 is 2.05 bits per heavy atom. The van der Waals surface area contributed by atoms with Crippen LogP contribution in [0, 0.1) is 6.92 Å². The number of likely N-dealkylation sites (N-methyl/N-ethyl adjacent to an activating group) is 2. The molecule has 0 amide bonds. The van der Waals surface area contributed by atoms with E-state index in [0.29, 0.717) is 6.42 Å². The number of rotatable bonds is 3. The summed E-state index contributed by atoms with van der Waals surface area (Å²) in [5.41, 5.74) is 1.90. The third-order valence-electron chi connectivity index (χ3n) is 4.04. The van der Waals surface area contributed by atoms with Crippen LogP contribution in [-0.4, -0.2) is 65.1 Å². The van der Waals surface area contributed by atoms with Crippen molar-refractivity contribution in [3.8, 4) is 0 Å². The number of carbonyl (C=O) groups is 1. The average molecular weight is 343 g/mol. The molecule has 1 aliphatic rings. The van der Waals surface area contributed by atoms with Crippen molar-refractivity contribution in [3.63, 3.8) is 0 Å². The van der Waals surface area contributed by atoms with E-state index in [1.54, 1.807) is 4.68 Å². The van der Waals surface area contributed by atoms with Crippen LogP contribution in [0.2, 0.25) is 0 Å². The molecule has 112 valence electrons. The molecule has 1 unspecified atom stereocenters. The molecule has 1 aromatic rings. The van der Waals surface area contributed by atoms with Crippen LogP contribution in [0.5, 0.6) is 0 Å². The Labute approximate surface area is 129 Å². The van der Waals surface area contributed by atoms with E-state index in [0.717, 1.165) is 41.9 Å². The lowest BCUT2D eigenvalue weighted by molar-refractivity contribution is -0.123. The molecular formula is C14H23BrN4O. The summed E-state index contributed by atoms with van der Waals surface area (Å²) in [5.74, 6) is 0.268. The van der Waals surface area contributed by atoms with Crippen LogP contribution in [0.15, 0.2) is 4.47 Å². The SMILES string of the molecule is Cc1nn(C)c(CC(=O)C2CN(C)CCCN2C)c1Br. The summed E-state index contributed by atoms with van der Waals surface area (Å²) in [5, 5.41) is 4.35. The molecule has 0 N–H and O–H groups in total. The number of aromatic nitrogens is 2. The summed E-state index contributed by atoms with van der Waals surface area (Å²) >= 11 is 3.54. The van der Waals surface area contributed by atoms with Gasteiger partial charge in [-0.05, 0) is 56.5 Å². The largest absolute Gasteiger partial charge is 0.304 e. The Kier molecular flexibility index (Phi) is 4.99. The maximum Gasteiger partial charge on any atom is 0.157 e. The molecule has 0 aromatic carbocycles. The van der Waals surface area contributed by atoms with E-state index in [2.05, 4.69) is 37.9 Å². The second-order valence-corrected chi connectivity index (χ2v) is 6.52. The third-order valence-corrected chi connectivity index (χ3v) is 5.07. The molecule has 0 spiro atoms. The van der Waals surface area contributed by atoms with E-state index in [4.69, 9.17) is 0 Å². The molecule has 0 saturated carbocycles. The van der Waals surface area contributed by atoms with Gasteiger partial charge < -0.3 is 4.90 Å². The van der Waals surface area contributed by atoms with E-state index in [1.807, 2.05) is 21.0 Å². The average Bonchev–Trinajstić information content (AvgIpc) is 2.54. The van der Waals surface area contributed by atoms with Gasteiger partial charge in [-0.25, -0.2) is 0 Å². The maximum absolute atomic E-state index is 12.7. The Morgan fingerprint density at radius 1 is 1.35 bits per heavy atom. The van der Waals surface area contributed by atoms with Gasteiger partial charge in [-0.2, -0.15) is 5.10 Å². The van der Waals surface area contributed by atoms with Gasteiger partial charge in [0.25, 0.3) is 0 Å². The second kappa shape index (κ2) is 6.37. The van der Waals surface area contributed by atoms with Crippen molar-refractivity contribution in [2.24, 2.45) is 7.05 Å². The highest BCUT2D eigenvalue weighted by molar-refractivity contribution is 9.10. The molecule has 1 fully saturated rings. The number of ketones is 1. The van der Waals surface area contributed by atoms with E-state index >= 15 is 0 Å². The van der Waals surface area contributed by atoms with Crippen molar-refractivity contribution in [2.45, 2.75) is 25.8 Å². The second-order valence-electron chi connectivity index (χ2n) is 5.72. The molecule has 2 heterocycles. The molecule has 5 nitrogen and oxygen atoms in total. The number of hydrogen-bond donors (Lipinski definition) is 0. The number of carbonyl (C=O) groups excluding carboxylic acids is 1. The quantitative estimate of drug-likeness (QED) is 0.828. The minimum Gasteiger partial charge on any atom is -0.304 e. The minimum atomic E-state index is -0.0235. The summed E-state index contributed by atoms with van der Waals surface area (Å²) < 4.78 is 2.76. The molecule has 0 radical (unpaired) electrons. The highest BCUT2D eigenvalue weighted by Gasteiger charge is 2.28. The van der Waals surface area contributed by atoms with Gasteiger partial charge in [0.15, 0.2) is 5.78 Å². The molecule has 20 heavy (non-hydrogen) atoms. The highest BCUT2D eigenvalue weighted by Crippen LogP contribution is 2.22. The van der Waals surface area contributed by atoms with Crippen molar-refractivity contribution in [2.75, 3.05) is 33.7 Å². The first kappa shape index (κ1) is 15.7. The number of Topliss-reactive ketones (excluding diaryl/α,β-unsaturated/α-hetero) is 1. The number of halogens is 1. The van der Waals surface area contributed by atoms with Gasteiger partial charge >= 0.3 is 0 Å². The number of aryl methyl sites for hydroxylation is 2. The van der Waals surface area contributed by atoms with Crippen LogP contribution in [0.4, 0.5) is 0 Å². The predicted octanol–water partition coefficient (Wildman–Crippen LogP) is 1.24. The first-order valence-corrected chi connectivity index (χ1v) is 7.79. The normalized spacial score (nSPS) is 21.9. The Bertz CT molecular complexity index is 500. The zero-order chi connectivity index (χ0) is 14.9. The minimum absolute atomic E-state index is 0.0235. The lowest BCUT2D eigenvalue weighted by Crippen LogP contribution is -2.44. The summed E-state index contributed by atoms with van der Waals surface area (Å²) in [6, 6.07) is -0.0235. The topological polar surface area (TPSA) is 41.4 Å². The van der Waals surface area contributed by atoms with Gasteiger partial charge in [0, 0.05) is 13.6 Å². The fraction of sp³-hybridized carbons (Fsp3) is 0.714. The Hall–Kier alpha value is -0.720. The van der Waals surface area contributed by atoms with Crippen LogP contribution < -0.4 is 0 Å². The van der Waals surface area contributed by atoms with E-state index in [9.17, 15) is 4.79 Å². The number of nitrogens with zero attached hydrogens (tertiary/aromatic N) is 4. The maximum atomic E-state index is 12.7. The monoisotopic (exact) mass is 342 g/mol. The molecule has 1 saturated heterocycles. The predicted molar refractivity (Wildman–Crippen MR) is 82.9 cm³/mol. The van der Waals surface area contributed by atoms with Crippen LogP contribution in [0.1, 0.15) is 17.8 Å². The van der Waals surface area contributed by atoms with Crippen molar-refractivity contribution in [1.29, 1.82) is 0 Å². The van der Waals surface area contributed by atoms with Crippen LogP contribution in [-0.2, 0) is 18.3 Å². The van der Waals surface area contributed by atoms with E-state index in [1.165, 1.54) is 0 Å². The van der Waals surface area contributed by atoms with Gasteiger partial charge in [-0.3, -0.25) is 14.4 Å². The van der Waals surface area contributed by atoms with Crippen LogP contribution >= 0.6 is 15.9 Å². The molecule has 1 aromatic heterocycles. The molecule has 0 bridgehead atoms. The molecule has 6 heteroatoms. The van der Waals surface area contributed by atoms with E-state index in [-0.39, 0.29) is 11.8 Å². The Morgan fingerprint density at radius 3 is 2.65 bits per heavy atom. The first-order chi connectivity index (χ1) is 9.40. The lowest BCUT2D eigenvalue weighted by atomic mass is 10.1. The van der Waals surface area contributed by atoms with Gasteiger partial charge in [0.1, 0.15) is 0 Å². The molecule has 0 aliphatic carbocycles. The van der Waals surface area contributed by atoms with Crippen LogP contribution in [0.3, 0.4) is 0 Å². The van der Waals surface area contributed by atoms with Crippen molar-refractivity contribution < 1.29 is 4.79 Å². The Balaban J connectivity index is 2.14. The van der Waals surface area contributed by atoms with Gasteiger partial charge in [-0.1, -0.05) is 0 Å².